The van der Waals surface area contributed by atoms with E-state index in [2.05, 4.69) is 56.8 Å². The quantitative estimate of drug-likeness (QED) is 0.204. The average molecular weight is 551 g/mol. The van der Waals surface area contributed by atoms with Crippen LogP contribution in [0.15, 0.2) is 72.9 Å². The molecule has 5 N–H and O–H groups in total. The van der Waals surface area contributed by atoms with Crippen LogP contribution in [0.3, 0.4) is 0 Å². The third kappa shape index (κ3) is 5.68. The zero-order valence-electron chi connectivity index (χ0n) is 23.0. The van der Waals surface area contributed by atoms with Gasteiger partial charge in [0.1, 0.15) is 17.4 Å². The molecule has 4 aromatic rings. The summed E-state index contributed by atoms with van der Waals surface area (Å²) in [4.78, 5) is 37.6. The van der Waals surface area contributed by atoms with Gasteiger partial charge in [0, 0.05) is 23.6 Å². The Bertz CT molecular complexity index is 1590. The van der Waals surface area contributed by atoms with Crippen molar-refractivity contribution in [2.75, 3.05) is 5.32 Å². The number of aromatic nitrogens is 3. The molecule has 1 amide bonds. The summed E-state index contributed by atoms with van der Waals surface area (Å²) in [7, 11) is 0. The van der Waals surface area contributed by atoms with Gasteiger partial charge in [-0.1, -0.05) is 61.5 Å². The van der Waals surface area contributed by atoms with E-state index in [9.17, 15) is 9.59 Å². The standard InChI is InChI=1S/C32H34N6O3/c1-31(15-5-8-20-6-3-2-4-7-20)19-32(31)26(38-32)17-28(39)36-27-14-13-24-29(37-27)35-25(18-34-24)22-11-9-21(10-12-22)16-23(33)30(40)41/h2-4,6-7,9-14,18,23,26,38H,5,8,15-17,19,33H2,1H3,(H,40,41)(H,35,36,37,39)/t23-,26?,31-,32-/m0/s1. The largest absolute Gasteiger partial charge is 0.480 e. The molecule has 1 saturated heterocycles. The van der Waals surface area contributed by atoms with Gasteiger partial charge in [-0.25, -0.2) is 9.97 Å². The molecular formula is C32H34N6O3. The van der Waals surface area contributed by atoms with Crippen molar-refractivity contribution in [3.8, 4) is 11.3 Å². The first kappa shape index (κ1) is 27.0. The van der Waals surface area contributed by atoms with Gasteiger partial charge >= 0.3 is 5.97 Å². The van der Waals surface area contributed by atoms with Gasteiger partial charge in [-0.2, -0.15) is 0 Å². The number of amides is 1. The van der Waals surface area contributed by atoms with E-state index in [1.54, 1.807) is 18.3 Å². The SMILES string of the molecule is C[C@]1(CCCc2ccccc2)C[C@@]12NC2CC(=O)Nc1ccc2ncc(-c3ccc(C[C@H](N)C(=O)O)cc3)nc2n1. The van der Waals surface area contributed by atoms with Crippen molar-refractivity contribution in [2.24, 2.45) is 11.1 Å². The predicted molar refractivity (Wildman–Crippen MR) is 157 cm³/mol. The lowest BCUT2D eigenvalue weighted by atomic mass is 9.95. The van der Waals surface area contributed by atoms with Crippen LogP contribution < -0.4 is 16.4 Å². The highest BCUT2D eigenvalue weighted by Crippen LogP contribution is 2.68. The molecule has 4 atom stereocenters. The Labute approximate surface area is 238 Å². The van der Waals surface area contributed by atoms with Crippen LogP contribution in [0.2, 0.25) is 0 Å². The Balaban J connectivity index is 1.04. The average Bonchev–Trinajstić information content (AvgIpc) is 3.82. The fourth-order valence-corrected chi connectivity index (χ4v) is 6.11. The molecule has 0 bridgehead atoms. The van der Waals surface area contributed by atoms with Gasteiger partial charge in [0.15, 0.2) is 5.65 Å². The number of carbonyl (C=O) groups is 2. The minimum atomic E-state index is -1.03. The predicted octanol–water partition coefficient (Wildman–Crippen LogP) is 4.12. The zero-order valence-corrected chi connectivity index (χ0v) is 23.0. The summed E-state index contributed by atoms with van der Waals surface area (Å²) in [5.41, 5.74) is 10.7. The molecule has 2 aliphatic rings. The van der Waals surface area contributed by atoms with Crippen molar-refractivity contribution in [3.05, 3.63) is 84.1 Å². The van der Waals surface area contributed by atoms with E-state index < -0.39 is 12.0 Å². The van der Waals surface area contributed by atoms with Gasteiger partial charge in [0.05, 0.1) is 11.9 Å². The van der Waals surface area contributed by atoms with Gasteiger partial charge in [-0.15, -0.1) is 0 Å². The molecule has 1 saturated carbocycles. The Morgan fingerprint density at radius 3 is 2.61 bits per heavy atom. The number of nitrogens with zero attached hydrogens (tertiary/aromatic N) is 3. The summed E-state index contributed by atoms with van der Waals surface area (Å²) in [6.07, 6.45) is 6.83. The first-order valence-corrected chi connectivity index (χ1v) is 14.1. The number of carbonyl (C=O) groups excluding carboxylic acids is 1. The summed E-state index contributed by atoms with van der Waals surface area (Å²) >= 11 is 0. The van der Waals surface area contributed by atoms with Gasteiger partial charge in [-0.05, 0) is 60.8 Å². The summed E-state index contributed by atoms with van der Waals surface area (Å²) in [5.74, 6) is -0.649. The number of anilines is 1. The minimum Gasteiger partial charge on any atom is -0.480 e. The van der Waals surface area contributed by atoms with Crippen molar-refractivity contribution >= 4 is 28.9 Å². The number of nitrogens with one attached hydrogen (secondary N) is 2. The molecule has 1 unspecified atom stereocenters. The molecule has 0 radical (unpaired) electrons. The first-order valence-electron chi connectivity index (χ1n) is 14.1. The van der Waals surface area contributed by atoms with Crippen LogP contribution >= 0.6 is 0 Å². The Morgan fingerprint density at radius 2 is 1.85 bits per heavy atom. The van der Waals surface area contributed by atoms with Crippen LogP contribution in [0.25, 0.3) is 22.4 Å². The lowest BCUT2D eigenvalue weighted by molar-refractivity contribution is -0.138. The molecular weight excluding hydrogens is 516 g/mol. The molecule has 1 spiro atoms. The molecule has 3 heterocycles. The fraction of sp³-hybridized carbons (Fsp3) is 0.344. The third-order valence-electron chi connectivity index (χ3n) is 8.69. The van der Waals surface area contributed by atoms with E-state index in [1.807, 2.05) is 30.3 Å². The maximum absolute atomic E-state index is 12.9. The van der Waals surface area contributed by atoms with Crippen molar-refractivity contribution in [2.45, 2.75) is 63.1 Å². The number of hydrogen-bond donors (Lipinski definition) is 4. The van der Waals surface area contributed by atoms with Crippen LogP contribution in [-0.2, 0) is 22.4 Å². The van der Waals surface area contributed by atoms with Crippen molar-refractivity contribution in [1.82, 2.24) is 20.3 Å². The van der Waals surface area contributed by atoms with E-state index in [-0.39, 0.29) is 29.3 Å². The molecule has 41 heavy (non-hydrogen) atoms. The molecule has 210 valence electrons. The van der Waals surface area contributed by atoms with Crippen LogP contribution in [0.5, 0.6) is 0 Å². The number of hydrogen-bond acceptors (Lipinski definition) is 7. The maximum Gasteiger partial charge on any atom is 0.320 e. The number of fused-ring (bicyclic) bond motifs is 1. The van der Waals surface area contributed by atoms with Crippen molar-refractivity contribution < 1.29 is 14.7 Å². The number of rotatable bonds is 11. The second kappa shape index (κ2) is 10.6. The van der Waals surface area contributed by atoms with Gasteiger partial charge < -0.3 is 21.5 Å². The highest BCUT2D eigenvalue weighted by molar-refractivity contribution is 5.92. The molecule has 6 rings (SSSR count). The maximum atomic E-state index is 12.9. The monoisotopic (exact) mass is 550 g/mol. The van der Waals surface area contributed by atoms with Crippen LogP contribution in [0.4, 0.5) is 5.82 Å². The summed E-state index contributed by atoms with van der Waals surface area (Å²) in [5, 5.41) is 15.6. The van der Waals surface area contributed by atoms with Crippen molar-refractivity contribution in [3.63, 3.8) is 0 Å². The van der Waals surface area contributed by atoms with Crippen LogP contribution in [0, 0.1) is 5.41 Å². The number of nitrogens with two attached hydrogens (primary N) is 1. The van der Waals surface area contributed by atoms with E-state index >= 15 is 0 Å². The van der Waals surface area contributed by atoms with E-state index in [0.717, 1.165) is 36.8 Å². The summed E-state index contributed by atoms with van der Waals surface area (Å²) < 4.78 is 0. The zero-order chi connectivity index (χ0) is 28.6. The molecule has 2 aromatic carbocycles. The molecule has 1 aliphatic heterocycles. The van der Waals surface area contributed by atoms with Crippen LogP contribution in [0.1, 0.15) is 43.7 Å². The van der Waals surface area contributed by atoms with Gasteiger partial charge in [-0.3, -0.25) is 14.6 Å². The normalized spacial score (nSPS) is 23.3. The highest BCUT2D eigenvalue weighted by atomic mass is 16.4. The number of aliphatic carboxylic acids is 1. The highest BCUT2D eigenvalue weighted by Gasteiger charge is 2.76. The molecule has 9 nitrogen and oxygen atoms in total. The molecule has 1 aliphatic carbocycles. The topological polar surface area (TPSA) is 153 Å². The van der Waals surface area contributed by atoms with Crippen molar-refractivity contribution in [1.29, 1.82) is 0 Å². The van der Waals surface area contributed by atoms with E-state index in [4.69, 9.17) is 10.8 Å². The first-order chi connectivity index (χ1) is 19.7. The number of pyridine rings is 1. The van der Waals surface area contributed by atoms with Gasteiger partial charge in [0.25, 0.3) is 0 Å². The second-order valence-corrected chi connectivity index (χ2v) is 11.6. The summed E-state index contributed by atoms with van der Waals surface area (Å²) in [6.45, 7) is 2.34. The van der Waals surface area contributed by atoms with E-state index in [0.29, 0.717) is 29.1 Å². The number of carboxylic acid groups (broad SMARTS) is 1. The number of aryl methyl sites for hydroxylation is 1. The number of benzene rings is 2. The smallest absolute Gasteiger partial charge is 0.320 e. The number of carboxylic acids is 1. The molecule has 2 fully saturated rings. The lowest BCUT2D eigenvalue weighted by Gasteiger charge is -2.10. The lowest BCUT2D eigenvalue weighted by Crippen LogP contribution is -2.32. The molecule has 9 heteroatoms. The third-order valence-corrected chi connectivity index (χ3v) is 8.69. The second-order valence-electron chi connectivity index (χ2n) is 11.6. The fourth-order valence-electron chi connectivity index (χ4n) is 6.11. The van der Waals surface area contributed by atoms with E-state index in [1.165, 1.54) is 5.56 Å². The Morgan fingerprint density at radius 1 is 1.07 bits per heavy atom. The Kier molecular flexibility index (Phi) is 7.01. The minimum absolute atomic E-state index is 0.0657. The molecule has 2 aromatic heterocycles. The van der Waals surface area contributed by atoms with Gasteiger partial charge in [0.2, 0.25) is 5.91 Å². The summed E-state index contributed by atoms with van der Waals surface area (Å²) in [6, 6.07) is 20.8. The Hall–Kier alpha value is -4.21. The van der Waals surface area contributed by atoms with Crippen LogP contribution in [-0.4, -0.2) is 49.6 Å².